The lowest BCUT2D eigenvalue weighted by molar-refractivity contribution is -0.133. The molecule has 0 radical (unpaired) electrons. The summed E-state index contributed by atoms with van der Waals surface area (Å²) in [5, 5.41) is 4.14. The molecule has 2 aromatic carbocycles. The molecule has 4 nitrogen and oxygen atoms in total. The summed E-state index contributed by atoms with van der Waals surface area (Å²) in [6.07, 6.45) is 0. The molecule has 0 amide bonds. The number of hydrogen-bond acceptors (Lipinski definition) is 4. The summed E-state index contributed by atoms with van der Waals surface area (Å²) in [6, 6.07) is 12.2. The molecule has 0 aliphatic rings. The Morgan fingerprint density at radius 3 is 2.38 bits per heavy atom. The van der Waals surface area contributed by atoms with Crippen molar-refractivity contribution in [2.24, 2.45) is 0 Å². The molecule has 0 aromatic heterocycles. The topological polar surface area (TPSA) is 47.6 Å². The summed E-state index contributed by atoms with van der Waals surface area (Å²) < 4.78 is 10.5. The highest BCUT2D eigenvalue weighted by Gasteiger charge is 2.16. The van der Waals surface area contributed by atoms with Crippen molar-refractivity contribution in [3.8, 4) is 5.75 Å². The van der Waals surface area contributed by atoms with Gasteiger partial charge in [-0.2, -0.15) is 0 Å². The molecule has 0 saturated heterocycles. The number of ether oxygens (including phenoxy) is 2. The number of anilines is 2. The molecule has 0 fully saturated rings. The van der Waals surface area contributed by atoms with Gasteiger partial charge in [-0.25, -0.2) is 4.79 Å². The van der Waals surface area contributed by atoms with Gasteiger partial charge in [0, 0.05) is 5.02 Å². The molecule has 24 heavy (non-hydrogen) atoms. The van der Waals surface area contributed by atoms with Crippen molar-refractivity contribution in [2.75, 3.05) is 12.4 Å². The Bertz CT molecular complexity index is 784. The third kappa shape index (κ3) is 4.43. The number of benzene rings is 2. The Balaban J connectivity index is 2.28. The second kappa shape index (κ2) is 8.08. The van der Waals surface area contributed by atoms with E-state index in [-0.39, 0.29) is 5.76 Å². The second-order valence-corrected chi connectivity index (χ2v) is 6.01. The molecular weight excluding hydrogens is 349 g/mol. The Morgan fingerprint density at radius 2 is 1.75 bits per heavy atom. The number of carbonyl (C=O) groups excluding carboxylic acids is 1. The molecule has 0 atom stereocenters. The predicted molar refractivity (Wildman–Crippen MR) is 97.2 cm³/mol. The Kier molecular flexibility index (Phi) is 6.12. The zero-order chi connectivity index (χ0) is 17.7. The quantitative estimate of drug-likeness (QED) is 0.325. The van der Waals surface area contributed by atoms with Crippen molar-refractivity contribution < 1.29 is 14.3 Å². The van der Waals surface area contributed by atoms with Gasteiger partial charge in [0.15, 0.2) is 5.75 Å². The number of hydrogen-bond donors (Lipinski definition) is 1. The Labute approximate surface area is 151 Å². The van der Waals surface area contributed by atoms with E-state index in [1.165, 1.54) is 7.11 Å². The van der Waals surface area contributed by atoms with Crippen LogP contribution in [-0.2, 0) is 9.53 Å². The normalized spacial score (nSPS) is 10.0. The zero-order valence-corrected chi connectivity index (χ0v) is 15.0. The third-order valence-corrected chi connectivity index (χ3v) is 3.68. The highest BCUT2D eigenvalue weighted by atomic mass is 35.5. The van der Waals surface area contributed by atoms with E-state index in [0.29, 0.717) is 27.2 Å². The lowest BCUT2D eigenvalue weighted by atomic mass is 10.2. The van der Waals surface area contributed by atoms with E-state index < -0.39 is 5.97 Å². The first-order chi connectivity index (χ1) is 11.4. The van der Waals surface area contributed by atoms with Gasteiger partial charge in [-0.1, -0.05) is 35.3 Å². The number of allylic oxidation sites excluding steroid dienone is 1. The summed E-state index contributed by atoms with van der Waals surface area (Å²) in [5.41, 5.74) is 1.98. The van der Waals surface area contributed by atoms with Crippen LogP contribution in [0.2, 0.25) is 10.0 Å². The molecule has 0 unspecified atom stereocenters. The zero-order valence-electron chi connectivity index (χ0n) is 13.5. The van der Waals surface area contributed by atoms with Gasteiger partial charge in [-0.05, 0) is 49.8 Å². The molecule has 0 heterocycles. The minimum absolute atomic E-state index is 0.175. The number of nitrogens with one attached hydrogen (secondary N) is 1. The van der Waals surface area contributed by atoms with E-state index in [4.69, 9.17) is 32.7 Å². The van der Waals surface area contributed by atoms with Crippen LogP contribution in [0.3, 0.4) is 0 Å². The number of methoxy groups -OCH3 is 1. The van der Waals surface area contributed by atoms with E-state index in [1.54, 1.807) is 50.2 Å². The van der Waals surface area contributed by atoms with Crippen LogP contribution >= 0.6 is 23.2 Å². The minimum atomic E-state index is -0.561. The van der Waals surface area contributed by atoms with Crippen LogP contribution in [0.25, 0.3) is 0 Å². The first-order valence-corrected chi connectivity index (χ1v) is 7.92. The standard InChI is InChI=1S/C18H17Cl2NO3/c1-11(2)17(23-3)18(22)24-16-7-5-4-6-15(16)21-14-9-8-12(19)10-13(14)20/h4-10,21H,1-3H3. The second-order valence-electron chi connectivity index (χ2n) is 5.17. The highest BCUT2D eigenvalue weighted by Crippen LogP contribution is 2.32. The number of carbonyl (C=O) groups is 1. The summed E-state index contributed by atoms with van der Waals surface area (Å²) in [5.74, 6) is -0.0207. The van der Waals surface area contributed by atoms with E-state index in [1.807, 2.05) is 6.07 Å². The molecule has 1 N–H and O–H groups in total. The van der Waals surface area contributed by atoms with Crippen molar-refractivity contribution >= 4 is 40.5 Å². The fourth-order valence-corrected chi connectivity index (χ4v) is 2.49. The summed E-state index contributed by atoms with van der Waals surface area (Å²) in [4.78, 5) is 12.2. The maximum atomic E-state index is 12.2. The monoisotopic (exact) mass is 365 g/mol. The highest BCUT2D eigenvalue weighted by molar-refractivity contribution is 6.36. The predicted octanol–water partition coefficient (Wildman–Crippen LogP) is 5.58. The maximum Gasteiger partial charge on any atom is 0.378 e. The molecular formula is C18H17Cl2NO3. The van der Waals surface area contributed by atoms with Crippen molar-refractivity contribution in [1.82, 2.24) is 0 Å². The number of para-hydroxylation sites is 2. The lowest BCUT2D eigenvalue weighted by Gasteiger charge is -2.14. The van der Waals surface area contributed by atoms with Gasteiger partial charge in [-0.15, -0.1) is 0 Å². The van der Waals surface area contributed by atoms with E-state index in [0.717, 1.165) is 5.57 Å². The molecule has 2 aromatic rings. The largest absolute Gasteiger partial charge is 0.490 e. The average molecular weight is 366 g/mol. The first-order valence-electron chi connectivity index (χ1n) is 7.17. The fraction of sp³-hybridized carbons (Fsp3) is 0.167. The van der Waals surface area contributed by atoms with Crippen LogP contribution in [0.4, 0.5) is 11.4 Å². The molecule has 0 aliphatic carbocycles. The summed E-state index contributed by atoms with van der Waals surface area (Å²) >= 11 is 12.1. The van der Waals surface area contributed by atoms with Crippen LogP contribution in [0.5, 0.6) is 5.75 Å². The maximum absolute atomic E-state index is 12.2. The lowest BCUT2D eigenvalue weighted by Crippen LogP contribution is -2.14. The van der Waals surface area contributed by atoms with E-state index >= 15 is 0 Å². The van der Waals surface area contributed by atoms with Gasteiger partial charge >= 0.3 is 5.97 Å². The number of halogens is 2. The first kappa shape index (κ1) is 18.2. The van der Waals surface area contributed by atoms with Gasteiger partial charge in [-0.3, -0.25) is 0 Å². The van der Waals surface area contributed by atoms with Crippen LogP contribution in [0.15, 0.2) is 53.8 Å². The van der Waals surface area contributed by atoms with Gasteiger partial charge in [0.1, 0.15) is 0 Å². The minimum Gasteiger partial charge on any atom is -0.490 e. The average Bonchev–Trinajstić information content (AvgIpc) is 2.52. The van der Waals surface area contributed by atoms with E-state index in [9.17, 15) is 4.79 Å². The van der Waals surface area contributed by atoms with Crippen LogP contribution in [-0.4, -0.2) is 13.1 Å². The molecule has 6 heteroatoms. The van der Waals surface area contributed by atoms with Gasteiger partial charge in [0.05, 0.1) is 23.5 Å². The van der Waals surface area contributed by atoms with Crippen LogP contribution < -0.4 is 10.1 Å². The van der Waals surface area contributed by atoms with Crippen LogP contribution in [0, 0.1) is 0 Å². The summed E-state index contributed by atoms with van der Waals surface area (Å²) in [6.45, 7) is 3.55. The smallest absolute Gasteiger partial charge is 0.378 e. The molecule has 0 bridgehead atoms. The number of esters is 1. The number of rotatable bonds is 5. The third-order valence-electron chi connectivity index (χ3n) is 3.13. The van der Waals surface area contributed by atoms with Gasteiger partial charge < -0.3 is 14.8 Å². The van der Waals surface area contributed by atoms with Crippen LogP contribution in [0.1, 0.15) is 13.8 Å². The Morgan fingerprint density at radius 1 is 1.04 bits per heavy atom. The van der Waals surface area contributed by atoms with Crippen molar-refractivity contribution in [1.29, 1.82) is 0 Å². The fourth-order valence-electron chi connectivity index (χ4n) is 2.03. The SMILES string of the molecule is COC(C(=O)Oc1ccccc1Nc1ccc(Cl)cc1Cl)=C(C)C. The molecule has 0 spiro atoms. The summed E-state index contributed by atoms with van der Waals surface area (Å²) in [7, 11) is 1.43. The van der Waals surface area contributed by atoms with Gasteiger partial charge in [0.2, 0.25) is 5.76 Å². The van der Waals surface area contributed by atoms with Crippen molar-refractivity contribution in [3.05, 3.63) is 63.8 Å². The van der Waals surface area contributed by atoms with Crippen molar-refractivity contribution in [3.63, 3.8) is 0 Å². The van der Waals surface area contributed by atoms with Gasteiger partial charge in [0.25, 0.3) is 0 Å². The molecule has 0 saturated carbocycles. The molecule has 126 valence electrons. The Hall–Kier alpha value is -2.17. The molecule has 2 rings (SSSR count). The molecule has 0 aliphatic heterocycles. The van der Waals surface area contributed by atoms with E-state index in [2.05, 4.69) is 5.32 Å². The van der Waals surface area contributed by atoms with Crippen molar-refractivity contribution in [2.45, 2.75) is 13.8 Å².